The highest BCUT2D eigenvalue weighted by molar-refractivity contribution is 6.74. The second-order valence-corrected chi connectivity index (χ2v) is 13.0. The maximum absolute atomic E-state index is 11.7. The van der Waals surface area contributed by atoms with Crippen molar-refractivity contribution in [2.45, 2.75) is 78.1 Å². The molecule has 0 unspecified atom stereocenters. The van der Waals surface area contributed by atoms with Crippen molar-refractivity contribution >= 4 is 14.3 Å². The van der Waals surface area contributed by atoms with Gasteiger partial charge in [-0.15, -0.1) is 0 Å². The van der Waals surface area contributed by atoms with Crippen molar-refractivity contribution in [2.75, 3.05) is 6.61 Å². The van der Waals surface area contributed by atoms with E-state index >= 15 is 0 Å². The fourth-order valence-electron chi connectivity index (χ4n) is 2.66. The largest absolute Gasteiger partial charge is 0.466 e. The molecule has 1 aliphatic carbocycles. The summed E-state index contributed by atoms with van der Waals surface area (Å²) >= 11 is 0. The van der Waals surface area contributed by atoms with E-state index in [9.17, 15) is 4.79 Å². The highest BCUT2D eigenvalue weighted by atomic mass is 28.4. The number of hydrogen-bond donors (Lipinski definition) is 0. The summed E-state index contributed by atoms with van der Waals surface area (Å²) in [6.45, 7) is 15.9. The summed E-state index contributed by atoms with van der Waals surface area (Å²) in [5, 5.41) is 0.218. The molecule has 0 saturated heterocycles. The first kappa shape index (κ1) is 21.2. The Morgan fingerprint density at radius 3 is 2.54 bits per heavy atom. The average Bonchev–Trinajstić information content (AvgIpc) is 2.89. The molecule has 4 heteroatoms. The molecule has 3 atom stereocenters. The molecular formula is C20H36O3Si. The van der Waals surface area contributed by atoms with Crippen LogP contribution in [0.2, 0.25) is 18.1 Å². The van der Waals surface area contributed by atoms with Crippen LogP contribution in [0.25, 0.3) is 0 Å². The summed E-state index contributed by atoms with van der Waals surface area (Å²) in [7, 11) is -1.76. The number of hydrogen-bond acceptors (Lipinski definition) is 3. The molecule has 0 saturated carbocycles. The minimum Gasteiger partial charge on any atom is -0.466 e. The molecule has 0 N–H and O–H groups in total. The molecule has 0 heterocycles. The zero-order valence-electron chi connectivity index (χ0n) is 16.6. The maximum Gasteiger partial charge on any atom is 0.306 e. The lowest BCUT2D eigenvalue weighted by molar-refractivity contribution is -0.144. The Hall–Kier alpha value is -0.873. The number of ether oxygens (including phenoxy) is 1. The summed E-state index contributed by atoms with van der Waals surface area (Å²) in [5.74, 6) is 0.536. The molecule has 1 aliphatic rings. The van der Waals surface area contributed by atoms with Gasteiger partial charge in [0.2, 0.25) is 0 Å². The molecule has 0 aromatic heterocycles. The zero-order chi connectivity index (χ0) is 18.4. The lowest BCUT2D eigenvalue weighted by atomic mass is 9.92. The van der Waals surface area contributed by atoms with Gasteiger partial charge in [-0.3, -0.25) is 4.79 Å². The van der Waals surface area contributed by atoms with Gasteiger partial charge in [-0.2, -0.15) is 0 Å². The maximum atomic E-state index is 11.7. The van der Waals surface area contributed by atoms with Crippen molar-refractivity contribution in [3.05, 3.63) is 24.3 Å². The SMILES string of the molecule is CCOC(=O)C[C@H]1C=CC[C@@H]1/C=C/[C@H](CC)O[Si](C)(C)C(C)(C)C. The highest BCUT2D eigenvalue weighted by Crippen LogP contribution is 2.38. The van der Waals surface area contributed by atoms with Crippen LogP contribution in [0.1, 0.15) is 53.9 Å². The van der Waals surface area contributed by atoms with Crippen molar-refractivity contribution in [1.29, 1.82) is 0 Å². The van der Waals surface area contributed by atoms with Gasteiger partial charge in [0.15, 0.2) is 8.32 Å². The third-order valence-electron chi connectivity index (χ3n) is 5.28. The second-order valence-electron chi connectivity index (χ2n) is 8.21. The van der Waals surface area contributed by atoms with E-state index in [2.05, 4.69) is 65.1 Å². The van der Waals surface area contributed by atoms with Gasteiger partial charge in [-0.05, 0) is 49.7 Å². The highest BCUT2D eigenvalue weighted by Gasteiger charge is 2.38. The number of carbonyl (C=O) groups is 1. The lowest BCUT2D eigenvalue weighted by Gasteiger charge is -2.38. The van der Waals surface area contributed by atoms with E-state index < -0.39 is 8.32 Å². The summed E-state index contributed by atoms with van der Waals surface area (Å²) in [5.41, 5.74) is 0. The Labute approximate surface area is 149 Å². The Balaban J connectivity index is 2.66. The summed E-state index contributed by atoms with van der Waals surface area (Å²) in [4.78, 5) is 11.7. The second kappa shape index (κ2) is 9.00. The Morgan fingerprint density at radius 2 is 2.00 bits per heavy atom. The van der Waals surface area contributed by atoms with Crippen molar-refractivity contribution in [3.8, 4) is 0 Å². The molecule has 3 nitrogen and oxygen atoms in total. The standard InChI is InChI=1S/C20H36O3Si/c1-8-18(23-24(6,7)20(3,4)5)14-13-16-11-10-12-17(16)15-19(21)22-9-2/h10,12-14,16-18H,8-9,11,15H2,1-7H3/b14-13+/t16-,17-,18+/m1/s1. The van der Waals surface area contributed by atoms with E-state index in [0.717, 1.165) is 12.8 Å². The van der Waals surface area contributed by atoms with Gasteiger partial charge in [0.25, 0.3) is 0 Å². The first-order chi connectivity index (χ1) is 11.1. The number of carbonyl (C=O) groups excluding carboxylic acids is 1. The van der Waals surface area contributed by atoms with Crippen LogP contribution in [-0.2, 0) is 14.0 Å². The average molecular weight is 353 g/mol. The fraction of sp³-hybridized carbons (Fsp3) is 0.750. The van der Waals surface area contributed by atoms with Crippen molar-refractivity contribution in [1.82, 2.24) is 0 Å². The molecule has 138 valence electrons. The third kappa shape index (κ3) is 6.21. The molecular weight excluding hydrogens is 316 g/mol. The molecule has 0 bridgehead atoms. The molecule has 0 fully saturated rings. The van der Waals surface area contributed by atoms with Crippen LogP contribution >= 0.6 is 0 Å². The van der Waals surface area contributed by atoms with Gasteiger partial charge in [0.1, 0.15) is 0 Å². The molecule has 0 aliphatic heterocycles. The Kier molecular flexibility index (Phi) is 7.94. The number of allylic oxidation sites excluding steroid dienone is 3. The van der Waals surface area contributed by atoms with E-state index in [1.807, 2.05) is 6.92 Å². The fourth-order valence-corrected chi connectivity index (χ4v) is 4.02. The Morgan fingerprint density at radius 1 is 1.33 bits per heavy atom. The van der Waals surface area contributed by atoms with E-state index in [1.54, 1.807) is 0 Å². The molecule has 0 aromatic rings. The molecule has 24 heavy (non-hydrogen) atoms. The third-order valence-corrected chi connectivity index (χ3v) is 9.78. The van der Waals surface area contributed by atoms with Gasteiger partial charge in [-0.25, -0.2) is 0 Å². The quantitative estimate of drug-likeness (QED) is 0.329. The summed E-state index contributed by atoms with van der Waals surface area (Å²) < 4.78 is 11.6. The minimum atomic E-state index is -1.76. The van der Waals surface area contributed by atoms with Crippen LogP contribution in [0.3, 0.4) is 0 Å². The van der Waals surface area contributed by atoms with Crippen LogP contribution < -0.4 is 0 Å². The lowest BCUT2D eigenvalue weighted by Crippen LogP contribution is -2.43. The van der Waals surface area contributed by atoms with Gasteiger partial charge >= 0.3 is 5.97 Å². The van der Waals surface area contributed by atoms with E-state index in [0.29, 0.717) is 18.9 Å². The molecule has 0 amide bonds. The molecule has 0 spiro atoms. The van der Waals surface area contributed by atoms with Crippen LogP contribution in [0.5, 0.6) is 0 Å². The van der Waals surface area contributed by atoms with Gasteiger partial charge in [0, 0.05) is 0 Å². The summed E-state index contributed by atoms with van der Waals surface area (Å²) in [6, 6.07) is 0. The van der Waals surface area contributed by atoms with Gasteiger partial charge in [-0.1, -0.05) is 52.0 Å². The van der Waals surface area contributed by atoms with Crippen LogP contribution in [0.4, 0.5) is 0 Å². The zero-order valence-corrected chi connectivity index (χ0v) is 17.6. The van der Waals surface area contributed by atoms with E-state index in [4.69, 9.17) is 9.16 Å². The van der Waals surface area contributed by atoms with Crippen molar-refractivity contribution < 1.29 is 14.0 Å². The molecule has 0 radical (unpaired) electrons. The van der Waals surface area contributed by atoms with Crippen molar-refractivity contribution in [2.24, 2.45) is 11.8 Å². The molecule has 1 rings (SSSR count). The predicted molar refractivity (Wildman–Crippen MR) is 103 cm³/mol. The predicted octanol–water partition coefficient (Wildman–Crippen LogP) is 5.49. The first-order valence-corrected chi connectivity index (χ1v) is 12.2. The number of esters is 1. The van der Waals surface area contributed by atoms with Crippen LogP contribution in [0, 0.1) is 11.8 Å². The smallest absolute Gasteiger partial charge is 0.306 e. The van der Waals surface area contributed by atoms with Crippen molar-refractivity contribution in [3.63, 3.8) is 0 Å². The van der Waals surface area contributed by atoms with Gasteiger partial charge < -0.3 is 9.16 Å². The van der Waals surface area contributed by atoms with E-state index in [1.165, 1.54) is 0 Å². The minimum absolute atomic E-state index is 0.1000. The van der Waals surface area contributed by atoms with E-state index in [-0.39, 0.29) is 23.0 Å². The van der Waals surface area contributed by atoms with Gasteiger partial charge in [0.05, 0.1) is 19.1 Å². The monoisotopic (exact) mass is 352 g/mol. The first-order valence-electron chi connectivity index (χ1n) is 9.29. The normalized spacial score (nSPS) is 23.0. The summed E-state index contributed by atoms with van der Waals surface area (Å²) in [6.07, 6.45) is 11.4. The number of rotatable bonds is 8. The Bertz CT molecular complexity index is 460. The van der Waals surface area contributed by atoms with Crippen LogP contribution in [-0.4, -0.2) is 27.0 Å². The molecule has 0 aromatic carbocycles. The topological polar surface area (TPSA) is 35.5 Å². The van der Waals surface area contributed by atoms with Crippen LogP contribution in [0.15, 0.2) is 24.3 Å².